The van der Waals surface area contributed by atoms with Crippen molar-refractivity contribution in [3.63, 3.8) is 0 Å². The van der Waals surface area contributed by atoms with Crippen LogP contribution in [0.3, 0.4) is 0 Å². The summed E-state index contributed by atoms with van der Waals surface area (Å²) in [5.74, 6) is 2.25. The van der Waals surface area contributed by atoms with Gasteiger partial charge in [0.05, 0.1) is 30.3 Å². The number of halogens is 3. The summed E-state index contributed by atoms with van der Waals surface area (Å²) >= 11 is 0. The Labute approximate surface area is 175 Å². The van der Waals surface area contributed by atoms with Crippen LogP contribution in [0.25, 0.3) is 22.4 Å². The van der Waals surface area contributed by atoms with Crippen LogP contribution in [-0.2, 0) is 19.1 Å². The van der Waals surface area contributed by atoms with Gasteiger partial charge < -0.3 is 14.2 Å². The number of nitrogens with zero attached hydrogens (tertiary/aromatic N) is 4. The Morgan fingerprint density at radius 2 is 1.87 bits per heavy atom. The predicted molar refractivity (Wildman–Crippen MR) is 107 cm³/mol. The molecule has 0 fully saturated rings. The standard InChI is InChI=1S/C21H20F3N5O2/c1-29(10-9-18-25-16-8-7-15(30-2)11-17(16)26-18)12-19-27-20(28-31-19)13-3-5-14(6-4-13)21(22,23)24/h3-8,11H,9-10,12H2,1-2H3,(H,25,26). The normalized spacial score (nSPS) is 12.1. The van der Waals surface area contributed by atoms with Gasteiger partial charge in [0, 0.05) is 24.6 Å². The molecule has 162 valence electrons. The van der Waals surface area contributed by atoms with E-state index in [1.54, 1.807) is 7.11 Å². The van der Waals surface area contributed by atoms with Gasteiger partial charge in [-0.1, -0.05) is 17.3 Å². The molecule has 4 rings (SSSR count). The number of nitrogens with one attached hydrogen (secondary N) is 1. The lowest BCUT2D eigenvalue weighted by molar-refractivity contribution is -0.137. The van der Waals surface area contributed by atoms with Crippen LogP contribution in [-0.4, -0.2) is 45.7 Å². The van der Waals surface area contributed by atoms with Crippen molar-refractivity contribution in [3.05, 3.63) is 59.7 Å². The van der Waals surface area contributed by atoms with Crippen molar-refractivity contribution in [3.8, 4) is 17.1 Å². The maximum atomic E-state index is 12.7. The molecule has 0 atom stereocenters. The zero-order valence-corrected chi connectivity index (χ0v) is 16.9. The first-order valence-corrected chi connectivity index (χ1v) is 9.53. The van der Waals surface area contributed by atoms with E-state index in [9.17, 15) is 13.2 Å². The lowest BCUT2D eigenvalue weighted by Gasteiger charge is -2.12. The molecule has 10 heteroatoms. The van der Waals surface area contributed by atoms with Gasteiger partial charge in [0.1, 0.15) is 11.6 Å². The van der Waals surface area contributed by atoms with Crippen LogP contribution in [0.15, 0.2) is 47.0 Å². The highest BCUT2D eigenvalue weighted by Crippen LogP contribution is 2.30. The average Bonchev–Trinajstić information content (AvgIpc) is 3.37. The molecule has 7 nitrogen and oxygen atoms in total. The molecule has 0 unspecified atom stereocenters. The fraction of sp³-hybridized carbons (Fsp3) is 0.286. The molecule has 0 aliphatic heterocycles. The zero-order chi connectivity index (χ0) is 22.0. The fourth-order valence-corrected chi connectivity index (χ4v) is 3.14. The molecule has 31 heavy (non-hydrogen) atoms. The number of imidazole rings is 1. The van der Waals surface area contributed by atoms with Gasteiger partial charge in [-0.15, -0.1) is 0 Å². The maximum absolute atomic E-state index is 12.7. The molecule has 0 spiro atoms. The Morgan fingerprint density at radius 1 is 1.10 bits per heavy atom. The largest absolute Gasteiger partial charge is 0.497 e. The second-order valence-electron chi connectivity index (χ2n) is 7.14. The van der Waals surface area contributed by atoms with Gasteiger partial charge >= 0.3 is 6.18 Å². The van der Waals surface area contributed by atoms with E-state index in [-0.39, 0.29) is 5.82 Å². The molecule has 0 radical (unpaired) electrons. The Bertz CT molecular complexity index is 1170. The number of benzene rings is 2. The molecule has 0 aliphatic rings. The predicted octanol–water partition coefficient (Wildman–Crippen LogP) is 4.31. The number of methoxy groups -OCH3 is 1. The van der Waals surface area contributed by atoms with Crippen molar-refractivity contribution in [2.24, 2.45) is 0 Å². The van der Waals surface area contributed by atoms with E-state index in [0.717, 1.165) is 34.7 Å². The van der Waals surface area contributed by atoms with Crippen molar-refractivity contribution >= 4 is 11.0 Å². The third-order valence-corrected chi connectivity index (χ3v) is 4.81. The quantitative estimate of drug-likeness (QED) is 0.470. The Morgan fingerprint density at radius 3 is 2.58 bits per heavy atom. The smallest absolute Gasteiger partial charge is 0.416 e. The molecule has 2 aromatic carbocycles. The van der Waals surface area contributed by atoms with Crippen LogP contribution in [0.5, 0.6) is 5.75 Å². The Hall–Kier alpha value is -3.40. The number of alkyl halides is 3. The van der Waals surface area contributed by atoms with Gasteiger partial charge in [0.2, 0.25) is 11.7 Å². The minimum absolute atomic E-state index is 0.253. The first kappa shape index (κ1) is 20.9. The van der Waals surface area contributed by atoms with E-state index < -0.39 is 11.7 Å². The topological polar surface area (TPSA) is 80.1 Å². The Balaban J connectivity index is 1.35. The van der Waals surface area contributed by atoms with Crippen LogP contribution in [0, 0.1) is 0 Å². The van der Waals surface area contributed by atoms with Crippen LogP contribution in [0.1, 0.15) is 17.3 Å². The number of aromatic amines is 1. The average molecular weight is 431 g/mol. The van der Waals surface area contributed by atoms with Crippen LogP contribution in [0.4, 0.5) is 13.2 Å². The minimum Gasteiger partial charge on any atom is -0.497 e. The molecule has 2 aromatic heterocycles. The molecule has 0 amide bonds. The summed E-state index contributed by atoms with van der Waals surface area (Å²) in [6.45, 7) is 1.09. The van der Waals surface area contributed by atoms with Crippen molar-refractivity contribution in [2.45, 2.75) is 19.1 Å². The molecule has 0 aliphatic carbocycles. The lowest BCUT2D eigenvalue weighted by Crippen LogP contribution is -2.21. The number of ether oxygens (including phenoxy) is 1. The van der Waals surface area contributed by atoms with Crippen molar-refractivity contribution in [1.82, 2.24) is 25.0 Å². The molecule has 0 saturated heterocycles. The first-order chi connectivity index (χ1) is 14.8. The van der Waals surface area contributed by atoms with E-state index in [1.807, 2.05) is 30.1 Å². The number of fused-ring (bicyclic) bond motifs is 1. The summed E-state index contributed by atoms with van der Waals surface area (Å²) in [6, 6.07) is 10.3. The summed E-state index contributed by atoms with van der Waals surface area (Å²) in [5, 5.41) is 3.87. The van der Waals surface area contributed by atoms with Gasteiger partial charge in [0.25, 0.3) is 0 Å². The van der Waals surface area contributed by atoms with E-state index in [1.165, 1.54) is 12.1 Å². The number of hydrogen-bond donors (Lipinski definition) is 1. The van der Waals surface area contributed by atoms with Gasteiger partial charge in [0.15, 0.2) is 0 Å². The van der Waals surface area contributed by atoms with Gasteiger partial charge in [-0.05, 0) is 31.3 Å². The number of rotatable bonds is 7. The molecule has 1 N–H and O–H groups in total. The van der Waals surface area contributed by atoms with Crippen molar-refractivity contribution in [1.29, 1.82) is 0 Å². The summed E-state index contributed by atoms with van der Waals surface area (Å²) in [6.07, 6.45) is -3.69. The lowest BCUT2D eigenvalue weighted by atomic mass is 10.1. The number of likely N-dealkylation sites (N-methyl/N-ethyl adjacent to an activating group) is 1. The third kappa shape index (κ3) is 4.85. The molecule has 2 heterocycles. The fourth-order valence-electron chi connectivity index (χ4n) is 3.14. The zero-order valence-electron chi connectivity index (χ0n) is 16.9. The maximum Gasteiger partial charge on any atom is 0.416 e. The summed E-state index contributed by atoms with van der Waals surface area (Å²) < 4.78 is 48.5. The van der Waals surface area contributed by atoms with Gasteiger partial charge in [-0.3, -0.25) is 4.90 Å². The van der Waals surface area contributed by atoms with Gasteiger partial charge in [-0.2, -0.15) is 18.2 Å². The van der Waals surface area contributed by atoms with Crippen LogP contribution in [0.2, 0.25) is 0 Å². The van der Waals surface area contributed by atoms with Crippen molar-refractivity contribution in [2.75, 3.05) is 20.7 Å². The van der Waals surface area contributed by atoms with E-state index in [0.29, 0.717) is 31.0 Å². The SMILES string of the molecule is COc1ccc2nc(CCN(C)Cc3nc(-c4ccc(C(F)(F)F)cc4)no3)[nH]c2c1. The number of H-pyrrole nitrogens is 1. The summed E-state index contributed by atoms with van der Waals surface area (Å²) in [5.41, 5.74) is 1.53. The summed E-state index contributed by atoms with van der Waals surface area (Å²) in [4.78, 5) is 14.1. The van der Waals surface area contributed by atoms with E-state index in [4.69, 9.17) is 9.26 Å². The molecular formula is C21H20F3N5O2. The summed E-state index contributed by atoms with van der Waals surface area (Å²) in [7, 11) is 3.53. The monoisotopic (exact) mass is 431 g/mol. The molecule has 0 saturated carbocycles. The minimum atomic E-state index is -4.38. The molecule has 0 bridgehead atoms. The highest BCUT2D eigenvalue weighted by molar-refractivity contribution is 5.76. The second kappa shape index (κ2) is 8.38. The second-order valence-corrected chi connectivity index (χ2v) is 7.14. The third-order valence-electron chi connectivity index (χ3n) is 4.81. The molecule has 4 aromatic rings. The van der Waals surface area contributed by atoms with E-state index >= 15 is 0 Å². The number of hydrogen-bond acceptors (Lipinski definition) is 6. The highest BCUT2D eigenvalue weighted by atomic mass is 19.4. The van der Waals surface area contributed by atoms with Gasteiger partial charge in [-0.25, -0.2) is 4.98 Å². The van der Waals surface area contributed by atoms with Crippen LogP contribution >= 0.6 is 0 Å². The van der Waals surface area contributed by atoms with Crippen LogP contribution < -0.4 is 4.74 Å². The van der Waals surface area contributed by atoms with E-state index in [2.05, 4.69) is 20.1 Å². The Kier molecular flexibility index (Phi) is 5.64. The first-order valence-electron chi connectivity index (χ1n) is 9.53. The highest BCUT2D eigenvalue weighted by Gasteiger charge is 2.30. The number of aromatic nitrogens is 4. The van der Waals surface area contributed by atoms with Crippen molar-refractivity contribution < 1.29 is 22.4 Å². The molecular weight excluding hydrogens is 411 g/mol.